The molecule has 3 amide bonds. The summed E-state index contributed by atoms with van der Waals surface area (Å²) in [4.78, 5) is 41.8. The third kappa shape index (κ3) is 5.81. The van der Waals surface area contributed by atoms with Gasteiger partial charge in [-0.1, -0.05) is 18.2 Å². The van der Waals surface area contributed by atoms with E-state index in [1.54, 1.807) is 58.9 Å². The summed E-state index contributed by atoms with van der Waals surface area (Å²) in [5.74, 6) is -0.0135. The number of benzene rings is 2. The number of nitrogens with one attached hydrogen (secondary N) is 1. The first kappa shape index (κ1) is 26.3. The number of carbonyl (C=O) groups excluding carboxylic acids is 3. The van der Waals surface area contributed by atoms with E-state index < -0.39 is 35.3 Å². The highest BCUT2D eigenvalue weighted by Crippen LogP contribution is 2.32. The van der Waals surface area contributed by atoms with Gasteiger partial charge in [0.15, 0.2) is 5.11 Å². The van der Waals surface area contributed by atoms with Crippen LogP contribution in [0.1, 0.15) is 34.6 Å². The molecule has 0 unspecified atom stereocenters. The molecule has 0 aromatic heterocycles. The molecule has 2 saturated heterocycles. The third-order valence-corrected chi connectivity index (χ3v) is 5.93. The van der Waals surface area contributed by atoms with Crippen molar-refractivity contribution in [2.45, 2.75) is 52.0 Å². The van der Waals surface area contributed by atoms with Gasteiger partial charge in [0, 0.05) is 0 Å². The zero-order valence-electron chi connectivity index (χ0n) is 21.3. The van der Waals surface area contributed by atoms with Gasteiger partial charge in [-0.05, 0) is 89.3 Å². The number of nitrogens with zero attached hydrogens (tertiary/aromatic N) is 2. The Balaban J connectivity index is 1.59. The maximum atomic E-state index is 13.5. The van der Waals surface area contributed by atoms with E-state index in [9.17, 15) is 14.4 Å². The van der Waals surface area contributed by atoms with E-state index in [1.807, 2.05) is 30.3 Å². The van der Waals surface area contributed by atoms with Crippen LogP contribution in [0.3, 0.4) is 0 Å². The first-order valence-corrected chi connectivity index (χ1v) is 12.2. The lowest BCUT2D eigenvalue weighted by Gasteiger charge is -2.35. The molecule has 2 aliphatic heterocycles. The van der Waals surface area contributed by atoms with Gasteiger partial charge >= 0.3 is 6.09 Å². The predicted octanol–water partition coefficient (Wildman–Crippen LogP) is 4.53. The molecule has 37 heavy (non-hydrogen) atoms. The third-order valence-electron chi connectivity index (χ3n) is 5.64. The number of amides is 3. The standard InChI is InChI=1S/C27H29N3O6S/c1-26(2,3)36-25(33)30-18(16-34-27(30,4)5)15-21-22(31)28-24(37)29(23(21)32)17-11-13-20(14-12-17)35-19-9-7-6-8-10-19/h6-15,18H,16H2,1-5H3,(H,28,31,37)/b21-15+/t18-/m1/s1. The second-order valence-electron chi connectivity index (χ2n) is 10.1. The molecule has 2 aromatic carbocycles. The summed E-state index contributed by atoms with van der Waals surface area (Å²) in [5.41, 5.74) is -1.43. The van der Waals surface area contributed by atoms with E-state index in [4.69, 9.17) is 26.4 Å². The van der Waals surface area contributed by atoms with Crippen LogP contribution in [-0.2, 0) is 19.1 Å². The summed E-state index contributed by atoms with van der Waals surface area (Å²) in [6.07, 6.45) is 0.819. The molecule has 10 heteroatoms. The van der Waals surface area contributed by atoms with Crippen LogP contribution in [-0.4, -0.2) is 51.9 Å². The summed E-state index contributed by atoms with van der Waals surface area (Å²) in [7, 11) is 0. The SMILES string of the molecule is CC(C)(C)OC(=O)N1[C@H](/C=C2\C(=O)NC(=S)N(c3ccc(Oc4ccccc4)cc3)C2=O)COC1(C)C. The molecule has 194 valence electrons. The molecular formula is C27H29N3O6S. The van der Waals surface area contributed by atoms with Crippen molar-refractivity contribution in [1.82, 2.24) is 10.2 Å². The van der Waals surface area contributed by atoms with Gasteiger partial charge in [0.05, 0.1) is 18.3 Å². The van der Waals surface area contributed by atoms with Crippen molar-refractivity contribution in [2.24, 2.45) is 0 Å². The number of hydrogen-bond acceptors (Lipinski definition) is 7. The van der Waals surface area contributed by atoms with E-state index in [0.717, 1.165) is 0 Å². The van der Waals surface area contributed by atoms with Gasteiger partial charge in [0.2, 0.25) is 0 Å². The van der Waals surface area contributed by atoms with E-state index in [1.165, 1.54) is 15.9 Å². The van der Waals surface area contributed by atoms with Crippen molar-refractivity contribution in [1.29, 1.82) is 0 Å². The number of rotatable bonds is 4. The van der Waals surface area contributed by atoms with Crippen LogP contribution in [0.5, 0.6) is 11.5 Å². The summed E-state index contributed by atoms with van der Waals surface area (Å²) < 4.78 is 17.1. The minimum absolute atomic E-state index is 0.0455. The number of ether oxygens (including phenoxy) is 3. The average molecular weight is 524 g/mol. The van der Waals surface area contributed by atoms with Crippen LogP contribution in [0, 0.1) is 0 Å². The van der Waals surface area contributed by atoms with Crippen molar-refractivity contribution >= 4 is 40.9 Å². The minimum atomic E-state index is -0.998. The van der Waals surface area contributed by atoms with Gasteiger partial charge in [-0.2, -0.15) is 0 Å². The van der Waals surface area contributed by atoms with E-state index in [2.05, 4.69) is 5.32 Å². The fourth-order valence-corrected chi connectivity index (χ4v) is 4.29. The molecule has 2 heterocycles. The van der Waals surface area contributed by atoms with Crippen LogP contribution < -0.4 is 15.0 Å². The molecule has 2 aromatic rings. The highest BCUT2D eigenvalue weighted by molar-refractivity contribution is 7.80. The molecule has 0 saturated carbocycles. The van der Waals surface area contributed by atoms with Crippen LogP contribution >= 0.6 is 12.2 Å². The zero-order valence-corrected chi connectivity index (χ0v) is 22.1. The summed E-state index contributed by atoms with van der Waals surface area (Å²) >= 11 is 5.30. The Morgan fingerprint density at radius 3 is 2.32 bits per heavy atom. The molecule has 0 aliphatic carbocycles. The monoisotopic (exact) mass is 523 g/mol. The molecular weight excluding hydrogens is 494 g/mol. The molecule has 0 bridgehead atoms. The van der Waals surface area contributed by atoms with Crippen LogP contribution in [0.4, 0.5) is 10.5 Å². The molecule has 0 spiro atoms. The molecule has 2 fully saturated rings. The fourth-order valence-electron chi connectivity index (χ4n) is 4.01. The topological polar surface area (TPSA) is 97.4 Å². The lowest BCUT2D eigenvalue weighted by molar-refractivity contribution is -0.122. The van der Waals surface area contributed by atoms with Crippen molar-refractivity contribution in [3.63, 3.8) is 0 Å². The molecule has 2 aliphatic rings. The van der Waals surface area contributed by atoms with Gasteiger partial charge < -0.3 is 14.2 Å². The average Bonchev–Trinajstić information content (AvgIpc) is 3.11. The van der Waals surface area contributed by atoms with Gasteiger partial charge in [-0.25, -0.2) is 4.79 Å². The van der Waals surface area contributed by atoms with Crippen LogP contribution in [0.2, 0.25) is 0 Å². The first-order valence-electron chi connectivity index (χ1n) is 11.8. The Labute approximate surface area is 221 Å². The van der Waals surface area contributed by atoms with Gasteiger partial charge in [-0.3, -0.25) is 24.7 Å². The van der Waals surface area contributed by atoms with Gasteiger partial charge in [0.25, 0.3) is 11.8 Å². The molecule has 1 atom stereocenters. The number of para-hydroxylation sites is 1. The largest absolute Gasteiger partial charge is 0.457 e. The lowest BCUT2D eigenvalue weighted by atomic mass is 10.1. The normalized spacial score (nSPS) is 20.7. The zero-order chi connectivity index (χ0) is 27.0. The summed E-state index contributed by atoms with van der Waals surface area (Å²) in [6, 6.07) is 15.3. The lowest BCUT2D eigenvalue weighted by Crippen LogP contribution is -2.55. The number of hydrogen-bond donors (Lipinski definition) is 1. The maximum absolute atomic E-state index is 13.5. The van der Waals surface area contributed by atoms with E-state index >= 15 is 0 Å². The van der Waals surface area contributed by atoms with E-state index in [-0.39, 0.29) is 17.3 Å². The second-order valence-corrected chi connectivity index (χ2v) is 10.5. The maximum Gasteiger partial charge on any atom is 0.413 e. The molecule has 1 N–H and O–H groups in total. The van der Waals surface area contributed by atoms with Crippen molar-refractivity contribution in [3.05, 3.63) is 66.2 Å². The Kier molecular flexibility index (Phi) is 7.07. The predicted molar refractivity (Wildman–Crippen MR) is 141 cm³/mol. The Morgan fingerprint density at radius 2 is 1.70 bits per heavy atom. The number of thiocarbonyl (C=S) groups is 1. The smallest absolute Gasteiger partial charge is 0.413 e. The van der Waals surface area contributed by atoms with Crippen LogP contribution in [0.25, 0.3) is 0 Å². The highest BCUT2D eigenvalue weighted by Gasteiger charge is 2.46. The molecule has 4 rings (SSSR count). The quantitative estimate of drug-likeness (QED) is 0.357. The van der Waals surface area contributed by atoms with Crippen molar-refractivity contribution < 1.29 is 28.6 Å². The Bertz CT molecular complexity index is 1250. The van der Waals surface area contributed by atoms with Gasteiger partial charge in [0.1, 0.15) is 28.4 Å². The fraction of sp³-hybridized carbons (Fsp3) is 0.333. The Hall–Kier alpha value is -3.76. The first-order chi connectivity index (χ1) is 17.4. The van der Waals surface area contributed by atoms with E-state index in [0.29, 0.717) is 17.2 Å². The van der Waals surface area contributed by atoms with Crippen molar-refractivity contribution in [3.8, 4) is 11.5 Å². The second kappa shape index (κ2) is 9.95. The van der Waals surface area contributed by atoms with Crippen molar-refractivity contribution in [2.75, 3.05) is 11.5 Å². The molecule has 0 radical (unpaired) electrons. The Morgan fingerprint density at radius 1 is 1.08 bits per heavy atom. The summed E-state index contributed by atoms with van der Waals surface area (Å²) in [5, 5.41) is 2.52. The highest BCUT2D eigenvalue weighted by atomic mass is 32.1. The minimum Gasteiger partial charge on any atom is -0.457 e. The number of carbonyl (C=O) groups is 3. The van der Waals surface area contributed by atoms with Gasteiger partial charge in [-0.15, -0.1) is 0 Å². The van der Waals surface area contributed by atoms with Crippen LogP contribution in [0.15, 0.2) is 66.2 Å². The number of anilines is 1. The summed E-state index contributed by atoms with van der Waals surface area (Å²) in [6.45, 7) is 8.81. The molecule has 9 nitrogen and oxygen atoms in total.